The van der Waals surface area contributed by atoms with Gasteiger partial charge in [-0.25, -0.2) is 0 Å². The molecule has 1 aliphatic heterocycles. The third-order valence-corrected chi connectivity index (χ3v) is 7.58. The zero-order valence-corrected chi connectivity index (χ0v) is 22.5. The van der Waals surface area contributed by atoms with E-state index in [0.717, 1.165) is 63.3 Å². The van der Waals surface area contributed by atoms with Gasteiger partial charge in [0.2, 0.25) is 0 Å². The van der Waals surface area contributed by atoms with Crippen LogP contribution in [0.25, 0.3) is 21.8 Å². The number of aromatic nitrogens is 1. The molecule has 0 N–H and O–H groups in total. The summed E-state index contributed by atoms with van der Waals surface area (Å²) in [6.45, 7) is 7.16. The molecule has 5 heteroatoms. The lowest BCUT2D eigenvalue weighted by Gasteiger charge is -2.32. The molecule has 0 radical (unpaired) electrons. The van der Waals surface area contributed by atoms with Crippen molar-refractivity contribution in [3.05, 3.63) is 77.9 Å². The number of hydrogen-bond donors (Lipinski definition) is 0. The van der Waals surface area contributed by atoms with Crippen LogP contribution in [0.2, 0.25) is 0 Å². The quantitative estimate of drug-likeness (QED) is 0.238. The zero-order chi connectivity index (χ0) is 25.8. The van der Waals surface area contributed by atoms with E-state index in [2.05, 4.69) is 63.8 Å². The average molecular weight is 498 g/mol. The number of ether oxygens (including phenoxy) is 1. The normalized spacial score (nSPS) is 15.1. The fourth-order valence-electron chi connectivity index (χ4n) is 5.60. The zero-order valence-electron chi connectivity index (χ0n) is 22.5. The van der Waals surface area contributed by atoms with Gasteiger partial charge in [-0.1, -0.05) is 24.3 Å². The highest BCUT2D eigenvalue weighted by Gasteiger charge is 2.21. The maximum absolute atomic E-state index is 12.4. The van der Waals surface area contributed by atoms with E-state index in [4.69, 9.17) is 4.74 Å². The number of likely N-dealkylation sites (tertiary alicyclic amines) is 1. The minimum absolute atomic E-state index is 0.208. The topological polar surface area (TPSA) is 37.7 Å². The monoisotopic (exact) mass is 497 g/mol. The van der Waals surface area contributed by atoms with Crippen LogP contribution in [0.15, 0.2) is 66.7 Å². The first-order chi connectivity index (χ1) is 18.0. The van der Waals surface area contributed by atoms with Crippen LogP contribution in [0.3, 0.4) is 0 Å². The number of fused-ring (bicyclic) bond motifs is 3. The van der Waals surface area contributed by atoms with Crippen LogP contribution in [0, 0.1) is 0 Å². The van der Waals surface area contributed by atoms with Gasteiger partial charge in [-0.2, -0.15) is 0 Å². The van der Waals surface area contributed by atoms with E-state index in [1.807, 2.05) is 38.4 Å². The summed E-state index contributed by atoms with van der Waals surface area (Å²) >= 11 is 0. The molecule has 0 amide bonds. The second-order valence-electron chi connectivity index (χ2n) is 10.6. The van der Waals surface area contributed by atoms with Crippen LogP contribution < -0.4 is 4.74 Å². The van der Waals surface area contributed by atoms with Crippen LogP contribution in [-0.4, -0.2) is 60.0 Å². The molecule has 0 bridgehead atoms. The molecular formula is C32H39N3O2. The maximum atomic E-state index is 12.4. The Kier molecular flexibility index (Phi) is 7.92. The minimum atomic E-state index is 0.208. The Balaban J connectivity index is 1.14. The molecule has 1 aromatic heterocycles. The predicted molar refractivity (Wildman–Crippen MR) is 153 cm³/mol. The summed E-state index contributed by atoms with van der Waals surface area (Å²) in [5.41, 5.74) is 4.79. The minimum Gasteiger partial charge on any atom is -0.490 e. The molecule has 1 saturated heterocycles. The molecule has 0 unspecified atom stereocenters. The van der Waals surface area contributed by atoms with Gasteiger partial charge in [0.25, 0.3) is 0 Å². The van der Waals surface area contributed by atoms with Crippen molar-refractivity contribution in [2.75, 3.05) is 33.7 Å². The van der Waals surface area contributed by atoms with Gasteiger partial charge in [-0.05, 0) is 94.9 Å². The van der Waals surface area contributed by atoms with Crippen molar-refractivity contribution in [3.8, 4) is 5.75 Å². The van der Waals surface area contributed by atoms with Crippen LogP contribution in [-0.2, 0) is 13.1 Å². The molecule has 5 nitrogen and oxygen atoms in total. The average Bonchev–Trinajstić information content (AvgIpc) is 3.23. The molecule has 0 aliphatic carbocycles. The number of Topliss-reactive ketones (excluding diaryl/α,β-unsaturated/α-hetero) is 1. The Morgan fingerprint density at radius 3 is 2.41 bits per heavy atom. The number of piperidine rings is 1. The molecule has 194 valence electrons. The van der Waals surface area contributed by atoms with Crippen molar-refractivity contribution in [2.45, 2.75) is 51.8 Å². The van der Waals surface area contributed by atoms with Crippen molar-refractivity contribution in [1.29, 1.82) is 0 Å². The molecule has 1 aliphatic rings. The number of nitrogens with zero attached hydrogens (tertiary/aromatic N) is 3. The molecule has 3 aromatic carbocycles. The number of carbonyl (C=O) groups is 1. The molecular weight excluding hydrogens is 458 g/mol. The van der Waals surface area contributed by atoms with Crippen LogP contribution in [0.1, 0.15) is 48.5 Å². The lowest BCUT2D eigenvalue weighted by Crippen LogP contribution is -2.37. The van der Waals surface area contributed by atoms with E-state index in [0.29, 0.717) is 6.42 Å². The third-order valence-electron chi connectivity index (χ3n) is 7.58. The van der Waals surface area contributed by atoms with Gasteiger partial charge in [-0.15, -0.1) is 0 Å². The summed E-state index contributed by atoms with van der Waals surface area (Å²) in [4.78, 5) is 17.0. The van der Waals surface area contributed by atoms with Crippen molar-refractivity contribution in [3.63, 3.8) is 0 Å². The highest BCUT2D eigenvalue weighted by atomic mass is 16.5. The van der Waals surface area contributed by atoms with Gasteiger partial charge in [0, 0.05) is 60.0 Å². The van der Waals surface area contributed by atoms with Crippen molar-refractivity contribution < 1.29 is 9.53 Å². The first kappa shape index (κ1) is 25.5. The van der Waals surface area contributed by atoms with Crippen molar-refractivity contribution in [1.82, 2.24) is 14.4 Å². The van der Waals surface area contributed by atoms with Gasteiger partial charge in [0.15, 0.2) is 5.78 Å². The summed E-state index contributed by atoms with van der Waals surface area (Å²) in [6.07, 6.45) is 3.73. The van der Waals surface area contributed by atoms with Gasteiger partial charge < -0.3 is 14.2 Å². The molecule has 4 aromatic rings. The molecule has 37 heavy (non-hydrogen) atoms. The van der Waals surface area contributed by atoms with E-state index >= 15 is 0 Å². The molecule has 0 atom stereocenters. The summed E-state index contributed by atoms with van der Waals surface area (Å²) in [6, 6.07) is 23.4. The highest BCUT2D eigenvalue weighted by Crippen LogP contribution is 2.30. The molecule has 5 rings (SSSR count). The van der Waals surface area contributed by atoms with Gasteiger partial charge in [0.05, 0.1) is 0 Å². The number of ketones is 1. The third kappa shape index (κ3) is 5.89. The molecule has 0 saturated carbocycles. The van der Waals surface area contributed by atoms with E-state index in [1.54, 1.807) is 0 Å². The largest absolute Gasteiger partial charge is 0.490 e. The Hall–Kier alpha value is -3.15. The van der Waals surface area contributed by atoms with Crippen LogP contribution in [0.4, 0.5) is 0 Å². The van der Waals surface area contributed by atoms with Crippen LogP contribution in [0.5, 0.6) is 5.75 Å². The molecule has 0 spiro atoms. The Morgan fingerprint density at radius 2 is 1.68 bits per heavy atom. The van der Waals surface area contributed by atoms with E-state index < -0.39 is 0 Å². The molecule has 1 fully saturated rings. The van der Waals surface area contributed by atoms with E-state index in [1.165, 1.54) is 27.4 Å². The second-order valence-corrected chi connectivity index (χ2v) is 10.6. The summed E-state index contributed by atoms with van der Waals surface area (Å²) < 4.78 is 8.68. The van der Waals surface area contributed by atoms with Gasteiger partial charge in [-0.3, -0.25) is 9.69 Å². The van der Waals surface area contributed by atoms with E-state index in [-0.39, 0.29) is 11.9 Å². The molecule has 2 heterocycles. The predicted octanol–water partition coefficient (Wildman–Crippen LogP) is 6.38. The van der Waals surface area contributed by atoms with Crippen LogP contribution >= 0.6 is 0 Å². The summed E-state index contributed by atoms with van der Waals surface area (Å²) in [7, 11) is 4.07. The maximum Gasteiger partial charge on any atom is 0.162 e. The Morgan fingerprint density at radius 1 is 0.946 bits per heavy atom. The van der Waals surface area contributed by atoms with E-state index in [9.17, 15) is 4.79 Å². The lowest BCUT2D eigenvalue weighted by molar-refractivity contribution is 0.0964. The number of carbonyl (C=O) groups excluding carboxylic acids is 1. The lowest BCUT2D eigenvalue weighted by atomic mass is 10.0. The summed E-state index contributed by atoms with van der Waals surface area (Å²) in [5.74, 6) is 1.07. The van der Waals surface area contributed by atoms with Gasteiger partial charge >= 0.3 is 0 Å². The SMILES string of the molecule is CCn1c2ccccc2c2cc(CN3CCC(Oc4ccc(C(=O)CCCN(C)C)cc4)CC3)ccc21. The van der Waals surface area contributed by atoms with Crippen molar-refractivity contribution in [2.24, 2.45) is 0 Å². The Labute approximate surface area is 220 Å². The first-order valence-corrected chi connectivity index (χ1v) is 13.7. The number of hydrogen-bond acceptors (Lipinski definition) is 4. The van der Waals surface area contributed by atoms with Gasteiger partial charge in [0.1, 0.15) is 11.9 Å². The van der Waals surface area contributed by atoms with Crippen molar-refractivity contribution >= 4 is 27.6 Å². The number of aryl methyl sites for hydroxylation is 1. The smallest absolute Gasteiger partial charge is 0.162 e. The number of para-hydroxylation sites is 1. The fraction of sp³-hybridized carbons (Fsp3) is 0.406. The number of rotatable bonds is 10. The fourth-order valence-corrected chi connectivity index (χ4v) is 5.60. The number of benzene rings is 3. The summed E-state index contributed by atoms with van der Waals surface area (Å²) in [5, 5.41) is 2.70. The Bertz CT molecular complexity index is 1350. The second kappa shape index (κ2) is 11.5. The standard InChI is InChI=1S/C32H39N3O2/c1-4-35-30-9-6-5-8-28(30)29-22-24(11-16-31(29)35)23-34-20-17-27(18-21-34)37-26-14-12-25(13-15-26)32(36)10-7-19-33(2)3/h5-6,8-9,11-16,22,27H,4,7,10,17-21,23H2,1-3H3. The first-order valence-electron chi connectivity index (χ1n) is 13.7. The highest BCUT2D eigenvalue weighted by molar-refractivity contribution is 6.08.